The molecule has 8 heteroatoms. The van der Waals surface area contributed by atoms with Crippen molar-refractivity contribution in [1.29, 1.82) is 0 Å². The Balaban J connectivity index is 2.00. The number of amides is 1. The van der Waals surface area contributed by atoms with Crippen molar-refractivity contribution in [1.82, 2.24) is 14.9 Å². The summed E-state index contributed by atoms with van der Waals surface area (Å²) in [5.41, 5.74) is 0.953. The largest absolute Gasteiger partial charge is 0.383 e. The van der Waals surface area contributed by atoms with Gasteiger partial charge in [0, 0.05) is 18.5 Å². The van der Waals surface area contributed by atoms with Gasteiger partial charge >= 0.3 is 0 Å². The average Bonchev–Trinajstić information content (AvgIpc) is 3.16. The SMILES string of the molecule is CCCNC(=O)C(C)Sc1nc2sc(-c3ccccc3)cc2c(=O)n1CCOC. The number of carbonyl (C=O) groups is 1. The monoisotopic (exact) mass is 431 g/mol. The third-order valence-electron chi connectivity index (χ3n) is 4.39. The van der Waals surface area contributed by atoms with Crippen LogP contribution in [0.5, 0.6) is 0 Å². The highest BCUT2D eigenvalue weighted by Crippen LogP contribution is 2.32. The number of ether oxygens (including phenoxy) is 1. The zero-order valence-corrected chi connectivity index (χ0v) is 18.4. The van der Waals surface area contributed by atoms with E-state index >= 15 is 0 Å². The van der Waals surface area contributed by atoms with Crippen LogP contribution < -0.4 is 10.9 Å². The normalized spacial score (nSPS) is 12.2. The average molecular weight is 432 g/mol. The fourth-order valence-electron chi connectivity index (χ4n) is 2.82. The Morgan fingerprint density at radius 3 is 2.79 bits per heavy atom. The molecule has 2 heterocycles. The number of hydrogen-bond acceptors (Lipinski definition) is 6. The minimum Gasteiger partial charge on any atom is -0.383 e. The number of carbonyl (C=O) groups excluding carboxylic acids is 1. The third kappa shape index (κ3) is 5.07. The summed E-state index contributed by atoms with van der Waals surface area (Å²) in [6, 6.07) is 11.9. The van der Waals surface area contributed by atoms with E-state index in [2.05, 4.69) is 5.32 Å². The third-order valence-corrected chi connectivity index (χ3v) is 6.56. The molecular formula is C21H25N3O3S2. The van der Waals surface area contributed by atoms with E-state index in [1.807, 2.05) is 50.2 Å². The summed E-state index contributed by atoms with van der Waals surface area (Å²) in [6.07, 6.45) is 0.878. The molecule has 6 nitrogen and oxygen atoms in total. The molecule has 1 amide bonds. The van der Waals surface area contributed by atoms with E-state index in [1.165, 1.54) is 23.1 Å². The van der Waals surface area contributed by atoms with Gasteiger partial charge in [-0.25, -0.2) is 4.98 Å². The summed E-state index contributed by atoms with van der Waals surface area (Å²) < 4.78 is 6.79. The van der Waals surface area contributed by atoms with Crippen LogP contribution in [0.2, 0.25) is 0 Å². The summed E-state index contributed by atoms with van der Waals surface area (Å²) in [5.74, 6) is -0.0550. The van der Waals surface area contributed by atoms with E-state index in [4.69, 9.17) is 9.72 Å². The summed E-state index contributed by atoms with van der Waals surface area (Å²) in [6.45, 7) is 5.26. The summed E-state index contributed by atoms with van der Waals surface area (Å²) in [5, 5.41) is 3.68. The standard InChI is InChI=1S/C21H25N3O3S2/c1-4-10-22-18(25)14(2)28-21-23-19-16(20(26)24(21)11-12-27-3)13-17(29-19)15-8-6-5-7-9-15/h5-9,13-14H,4,10-12H2,1-3H3,(H,22,25). The lowest BCUT2D eigenvalue weighted by molar-refractivity contribution is -0.120. The van der Waals surface area contributed by atoms with Gasteiger partial charge in [-0.15, -0.1) is 11.3 Å². The van der Waals surface area contributed by atoms with E-state index < -0.39 is 0 Å². The highest BCUT2D eigenvalue weighted by Gasteiger charge is 2.20. The number of nitrogens with one attached hydrogen (secondary N) is 1. The molecule has 0 radical (unpaired) electrons. The van der Waals surface area contributed by atoms with Crippen LogP contribution in [0.1, 0.15) is 20.3 Å². The first-order valence-corrected chi connectivity index (χ1v) is 11.3. The molecule has 0 saturated carbocycles. The van der Waals surface area contributed by atoms with E-state index in [0.717, 1.165) is 16.9 Å². The Bertz CT molecular complexity index is 1030. The van der Waals surface area contributed by atoms with Gasteiger partial charge in [-0.2, -0.15) is 0 Å². The topological polar surface area (TPSA) is 73.2 Å². The molecule has 0 bridgehead atoms. The zero-order chi connectivity index (χ0) is 20.8. The molecule has 0 aliphatic heterocycles. The Hall–Kier alpha value is -2.16. The van der Waals surface area contributed by atoms with Crippen molar-refractivity contribution in [2.24, 2.45) is 0 Å². The van der Waals surface area contributed by atoms with Crippen molar-refractivity contribution < 1.29 is 9.53 Å². The van der Waals surface area contributed by atoms with Gasteiger partial charge in [0.2, 0.25) is 5.91 Å². The smallest absolute Gasteiger partial charge is 0.263 e. The molecule has 2 aromatic heterocycles. The summed E-state index contributed by atoms with van der Waals surface area (Å²) in [4.78, 5) is 31.9. The van der Waals surface area contributed by atoms with E-state index in [9.17, 15) is 9.59 Å². The van der Waals surface area contributed by atoms with Crippen LogP contribution in [0.15, 0.2) is 46.3 Å². The maximum atomic E-state index is 13.2. The van der Waals surface area contributed by atoms with Gasteiger partial charge in [-0.1, -0.05) is 49.0 Å². The molecule has 1 atom stereocenters. The number of aromatic nitrogens is 2. The van der Waals surface area contributed by atoms with E-state index in [-0.39, 0.29) is 16.7 Å². The summed E-state index contributed by atoms with van der Waals surface area (Å²) in [7, 11) is 1.60. The predicted molar refractivity (Wildman–Crippen MR) is 120 cm³/mol. The number of thioether (sulfide) groups is 1. The molecule has 1 N–H and O–H groups in total. The first kappa shape index (κ1) is 21.5. The van der Waals surface area contributed by atoms with Crippen LogP contribution in [0.4, 0.5) is 0 Å². The Morgan fingerprint density at radius 2 is 2.10 bits per heavy atom. The highest BCUT2D eigenvalue weighted by atomic mass is 32.2. The number of fused-ring (bicyclic) bond motifs is 1. The Labute approximate surface area is 178 Å². The molecule has 1 unspecified atom stereocenters. The highest BCUT2D eigenvalue weighted by molar-refractivity contribution is 8.00. The van der Waals surface area contributed by atoms with Gasteiger partial charge in [0.05, 0.1) is 23.8 Å². The maximum Gasteiger partial charge on any atom is 0.263 e. The second-order valence-corrected chi connectivity index (χ2v) is 8.93. The van der Waals surface area contributed by atoms with E-state index in [1.54, 1.807) is 11.7 Å². The van der Waals surface area contributed by atoms with Crippen LogP contribution in [0, 0.1) is 0 Å². The first-order chi connectivity index (χ1) is 14.0. The molecule has 0 saturated heterocycles. The Morgan fingerprint density at radius 1 is 1.34 bits per heavy atom. The van der Waals surface area contributed by atoms with Gasteiger partial charge < -0.3 is 10.1 Å². The number of rotatable bonds is 9. The molecule has 29 heavy (non-hydrogen) atoms. The van der Waals surface area contributed by atoms with Crippen LogP contribution in [-0.4, -0.2) is 41.0 Å². The number of hydrogen-bond donors (Lipinski definition) is 1. The van der Waals surface area contributed by atoms with Crippen LogP contribution in [-0.2, 0) is 16.1 Å². The molecule has 1 aromatic carbocycles. The predicted octanol–water partition coefficient (Wildman–Crippen LogP) is 3.78. The van der Waals surface area contributed by atoms with Crippen molar-refractivity contribution >= 4 is 39.2 Å². The van der Waals surface area contributed by atoms with Crippen LogP contribution >= 0.6 is 23.1 Å². The minimum atomic E-state index is -0.353. The molecule has 3 rings (SSSR count). The van der Waals surface area contributed by atoms with Crippen molar-refractivity contribution in [2.75, 3.05) is 20.3 Å². The Kier molecular flexibility index (Phi) is 7.46. The van der Waals surface area contributed by atoms with Crippen molar-refractivity contribution in [3.63, 3.8) is 0 Å². The number of methoxy groups -OCH3 is 1. The lowest BCUT2D eigenvalue weighted by Crippen LogP contribution is -2.32. The van der Waals surface area contributed by atoms with Crippen molar-refractivity contribution in [2.45, 2.75) is 37.2 Å². The van der Waals surface area contributed by atoms with Gasteiger partial charge in [0.1, 0.15) is 4.83 Å². The molecule has 3 aromatic rings. The number of nitrogens with zero attached hydrogens (tertiary/aromatic N) is 2. The lowest BCUT2D eigenvalue weighted by Gasteiger charge is -2.15. The van der Waals surface area contributed by atoms with Crippen molar-refractivity contribution in [3.05, 3.63) is 46.8 Å². The van der Waals surface area contributed by atoms with Crippen LogP contribution in [0.25, 0.3) is 20.7 Å². The number of benzene rings is 1. The molecular weight excluding hydrogens is 406 g/mol. The molecule has 0 aliphatic carbocycles. The maximum absolute atomic E-state index is 13.2. The molecule has 0 fully saturated rings. The first-order valence-electron chi connectivity index (χ1n) is 9.58. The quantitative estimate of drug-likeness (QED) is 0.412. The minimum absolute atomic E-state index is 0.0550. The van der Waals surface area contributed by atoms with Gasteiger partial charge in [-0.05, 0) is 25.0 Å². The lowest BCUT2D eigenvalue weighted by atomic mass is 10.2. The number of thiophene rings is 1. The molecule has 154 valence electrons. The second-order valence-electron chi connectivity index (χ2n) is 6.59. The fourth-order valence-corrected chi connectivity index (χ4v) is 4.85. The van der Waals surface area contributed by atoms with Gasteiger partial charge in [0.15, 0.2) is 5.16 Å². The van der Waals surface area contributed by atoms with Gasteiger partial charge in [0.25, 0.3) is 5.56 Å². The van der Waals surface area contributed by atoms with Crippen LogP contribution in [0.3, 0.4) is 0 Å². The van der Waals surface area contributed by atoms with Gasteiger partial charge in [-0.3, -0.25) is 14.2 Å². The molecule has 0 spiro atoms. The molecule has 0 aliphatic rings. The zero-order valence-electron chi connectivity index (χ0n) is 16.8. The summed E-state index contributed by atoms with van der Waals surface area (Å²) >= 11 is 2.80. The van der Waals surface area contributed by atoms with Crippen molar-refractivity contribution in [3.8, 4) is 10.4 Å². The van der Waals surface area contributed by atoms with E-state index in [0.29, 0.717) is 35.1 Å². The second kappa shape index (κ2) is 10.0. The fraction of sp³-hybridized carbons (Fsp3) is 0.381.